The molecule has 182 valence electrons. The number of nitrogens with two attached hydrogens (primary N) is 1. The van der Waals surface area contributed by atoms with Gasteiger partial charge in [-0.1, -0.05) is 39.0 Å². The number of oxazole rings is 1. The number of nitrogens with one attached hydrogen (secondary N) is 2. The quantitative estimate of drug-likeness (QED) is 0.160. The standard InChI is InChI=1S/C24H32N8O.HI/c1-5-27-23(30-16-21-29-15-20(33-21)24(2,3)4)28-13-9-12-19-18(14-25)22(26)32(31-19)17-10-7-6-8-11-17;/h6-8,10-11,15H,5,9,12-13,16,26H2,1-4H3,(H2,27,28,30);1H. The van der Waals surface area contributed by atoms with Gasteiger partial charge in [0.2, 0.25) is 5.89 Å². The third-order valence-electron chi connectivity index (χ3n) is 5.00. The summed E-state index contributed by atoms with van der Waals surface area (Å²) >= 11 is 0. The van der Waals surface area contributed by atoms with E-state index in [2.05, 4.69) is 52.5 Å². The van der Waals surface area contributed by atoms with E-state index in [-0.39, 0.29) is 29.4 Å². The van der Waals surface area contributed by atoms with Crippen LogP contribution in [0.25, 0.3) is 5.69 Å². The average Bonchev–Trinajstić information content (AvgIpc) is 3.40. The van der Waals surface area contributed by atoms with E-state index in [0.717, 1.165) is 24.4 Å². The first-order valence-electron chi connectivity index (χ1n) is 11.1. The minimum absolute atomic E-state index is 0. The molecule has 0 saturated heterocycles. The molecule has 0 amide bonds. The van der Waals surface area contributed by atoms with Crippen molar-refractivity contribution in [3.63, 3.8) is 0 Å². The molecule has 0 unspecified atom stereocenters. The molecule has 0 aliphatic carbocycles. The maximum Gasteiger partial charge on any atom is 0.216 e. The van der Waals surface area contributed by atoms with Crippen LogP contribution >= 0.6 is 24.0 Å². The number of para-hydroxylation sites is 1. The van der Waals surface area contributed by atoms with Crippen LogP contribution in [0.15, 0.2) is 45.9 Å². The Kier molecular flexibility index (Phi) is 9.92. The fourth-order valence-corrected chi connectivity index (χ4v) is 3.22. The van der Waals surface area contributed by atoms with Crippen molar-refractivity contribution in [2.45, 2.75) is 52.5 Å². The number of nitrogens with zero attached hydrogens (tertiary/aromatic N) is 5. The summed E-state index contributed by atoms with van der Waals surface area (Å²) < 4.78 is 7.43. The van der Waals surface area contributed by atoms with Crippen LogP contribution in [-0.2, 0) is 18.4 Å². The molecule has 0 spiro atoms. The van der Waals surface area contributed by atoms with E-state index in [1.165, 1.54) is 0 Å². The van der Waals surface area contributed by atoms with Gasteiger partial charge in [-0.15, -0.1) is 24.0 Å². The molecule has 3 rings (SSSR count). The highest BCUT2D eigenvalue weighted by Crippen LogP contribution is 2.23. The number of nitrogen functional groups attached to an aromatic ring is 1. The molecule has 9 nitrogen and oxygen atoms in total. The van der Waals surface area contributed by atoms with Crippen LogP contribution in [0, 0.1) is 11.3 Å². The number of aromatic nitrogens is 3. The highest BCUT2D eigenvalue weighted by atomic mass is 127. The van der Waals surface area contributed by atoms with E-state index in [1.807, 2.05) is 37.3 Å². The van der Waals surface area contributed by atoms with Gasteiger partial charge in [0.05, 0.1) is 17.6 Å². The van der Waals surface area contributed by atoms with E-state index < -0.39 is 0 Å². The SMILES string of the molecule is CCNC(=NCc1ncc(C(C)(C)C)o1)NCCCc1nn(-c2ccccc2)c(N)c1C#N.I. The third kappa shape index (κ3) is 6.96. The Morgan fingerprint density at radius 3 is 2.59 bits per heavy atom. The lowest BCUT2D eigenvalue weighted by atomic mass is 9.94. The summed E-state index contributed by atoms with van der Waals surface area (Å²) in [6.45, 7) is 10.0. The Morgan fingerprint density at radius 1 is 1.24 bits per heavy atom. The zero-order valence-electron chi connectivity index (χ0n) is 20.1. The van der Waals surface area contributed by atoms with Crippen molar-refractivity contribution < 1.29 is 4.42 Å². The number of anilines is 1. The summed E-state index contributed by atoms with van der Waals surface area (Å²) in [7, 11) is 0. The first-order chi connectivity index (χ1) is 15.8. The number of hydrogen-bond acceptors (Lipinski definition) is 6. The second-order valence-corrected chi connectivity index (χ2v) is 8.66. The van der Waals surface area contributed by atoms with Gasteiger partial charge in [-0.25, -0.2) is 14.7 Å². The van der Waals surface area contributed by atoms with Crippen molar-refractivity contribution in [3.05, 3.63) is 59.4 Å². The number of aliphatic imine (C=N–C) groups is 1. The number of aryl methyl sites for hydroxylation is 1. The predicted octanol–water partition coefficient (Wildman–Crippen LogP) is 3.92. The molecule has 3 aromatic rings. The smallest absolute Gasteiger partial charge is 0.216 e. The second kappa shape index (κ2) is 12.4. The van der Waals surface area contributed by atoms with Crippen LogP contribution in [0.5, 0.6) is 0 Å². The monoisotopic (exact) mass is 576 g/mol. The van der Waals surface area contributed by atoms with E-state index in [9.17, 15) is 5.26 Å². The Labute approximate surface area is 217 Å². The molecule has 10 heteroatoms. The number of guanidine groups is 1. The number of rotatable bonds is 8. The first-order valence-corrected chi connectivity index (χ1v) is 11.1. The Balaban J connectivity index is 0.00000408. The van der Waals surface area contributed by atoms with Crippen molar-refractivity contribution >= 4 is 35.8 Å². The van der Waals surface area contributed by atoms with Gasteiger partial charge < -0.3 is 20.8 Å². The molecule has 34 heavy (non-hydrogen) atoms. The van der Waals surface area contributed by atoms with Gasteiger partial charge in [0.25, 0.3) is 0 Å². The van der Waals surface area contributed by atoms with Crippen molar-refractivity contribution in [2.24, 2.45) is 4.99 Å². The van der Waals surface area contributed by atoms with Crippen LogP contribution in [0.2, 0.25) is 0 Å². The second-order valence-electron chi connectivity index (χ2n) is 8.66. The molecule has 0 aliphatic heterocycles. The van der Waals surface area contributed by atoms with E-state index in [0.29, 0.717) is 48.4 Å². The molecule has 0 aliphatic rings. The van der Waals surface area contributed by atoms with Crippen LogP contribution in [0.4, 0.5) is 5.82 Å². The van der Waals surface area contributed by atoms with Crippen LogP contribution in [-0.4, -0.2) is 33.8 Å². The maximum absolute atomic E-state index is 9.56. The van der Waals surface area contributed by atoms with Gasteiger partial charge in [0.1, 0.15) is 29.8 Å². The summed E-state index contributed by atoms with van der Waals surface area (Å²) in [5.41, 5.74) is 8.05. The topological polar surface area (TPSA) is 130 Å². The van der Waals surface area contributed by atoms with Crippen LogP contribution in [0.1, 0.15) is 57.0 Å². The van der Waals surface area contributed by atoms with Gasteiger partial charge in [-0.2, -0.15) is 10.4 Å². The molecule has 2 aromatic heterocycles. The van der Waals surface area contributed by atoms with Crippen LogP contribution < -0.4 is 16.4 Å². The fourth-order valence-electron chi connectivity index (χ4n) is 3.22. The van der Waals surface area contributed by atoms with Gasteiger partial charge in [0, 0.05) is 18.5 Å². The largest absolute Gasteiger partial charge is 0.443 e. The van der Waals surface area contributed by atoms with Gasteiger partial charge in [0.15, 0.2) is 5.96 Å². The Morgan fingerprint density at radius 2 is 1.97 bits per heavy atom. The third-order valence-corrected chi connectivity index (χ3v) is 5.00. The summed E-state index contributed by atoms with van der Waals surface area (Å²) in [5, 5.41) is 20.7. The first kappa shape index (κ1) is 27.2. The van der Waals surface area contributed by atoms with E-state index in [4.69, 9.17) is 10.2 Å². The van der Waals surface area contributed by atoms with E-state index >= 15 is 0 Å². The zero-order valence-corrected chi connectivity index (χ0v) is 22.5. The number of benzene rings is 1. The van der Waals surface area contributed by atoms with Gasteiger partial charge >= 0.3 is 0 Å². The highest BCUT2D eigenvalue weighted by Gasteiger charge is 2.19. The normalized spacial score (nSPS) is 11.6. The van der Waals surface area contributed by atoms with Gasteiger partial charge in [-0.05, 0) is 31.9 Å². The molecule has 4 N–H and O–H groups in total. The minimum atomic E-state index is -0.0864. The number of halogens is 1. The van der Waals surface area contributed by atoms with Crippen molar-refractivity contribution in [1.29, 1.82) is 5.26 Å². The zero-order chi connectivity index (χ0) is 23.8. The lowest BCUT2D eigenvalue weighted by Crippen LogP contribution is -2.37. The molecule has 1 aromatic carbocycles. The minimum Gasteiger partial charge on any atom is -0.443 e. The van der Waals surface area contributed by atoms with Crippen molar-refractivity contribution in [2.75, 3.05) is 18.8 Å². The predicted molar refractivity (Wildman–Crippen MR) is 144 cm³/mol. The molecule has 0 saturated carbocycles. The summed E-state index contributed by atoms with van der Waals surface area (Å²) in [5.74, 6) is 2.47. The molecule has 0 bridgehead atoms. The number of nitriles is 1. The average molecular weight is 576 g/mol. The highest BCUT2D eigenvalue weighted by molar-refractivity contribution is 14.0. The summed E-state index contributed by atoms with van der Waals surface area (Å²) in [6, 6.07) is 11.8. The van der Waals surface area contributed by atoms with E-state index in [1.54, 1.807) is 10.9 Å². The van der Waals surface area contributed by atoms with Crippen LogP contribution in [0.3, 0.4) is 0 Å². The maximum atomic E-state index is 9.56. The van der Waals surface area contributed by atoms with Gasteiger partial charge in [-0.3, -0.25) is 0 Å². The fraction of sp³-hybridized carbons (Fsp3) is 0.417. The van der Waals surface area contributed by atoms with Crippen molar-refractivity contribution in [1.82, 2.24) is 25.4 Å². The van der Waals surface area contributed by atoms with Crippen molar-refractivity contribution in [3.8, 4) is 11.8 Å². The molecular weight excluding hydrogens is 543 g/mol. The molecular formula is C24H33IN8O. The molecule has 0 radical (unpaired) electrons. The lowest BCUT2D eigenvalue weighted by molar-refractivity contribution is 0.383. The molecule has 0 atom stereocenters. The summed E-state index contributed by atoms with van der Waals surface area (Å²) in [4.78, 5) is 8.88. The Bertz CT molecular complexity index is 1120. The number of hydrogen-bond donors (Lipinski definition) is 3. The summed E-state index contributed by atoms with van der Waals surface area (Å²) in [6.07, 6.45) is 3.14. The lowest BCUT2D eigenvalue weighted by Gasteiger charge is -2.13. The Hall–Kier alpha value is -3.07. The molecule has 0 fully saturated rings. The molecule has 2 heterocycles.